The molecule has 0 aliphatic carbocycles. The Bertz CT molecular complexity index is 1540. The van der Waals surface area contributed by atoms with E-state index in [2.05, 4.69) is 46.9 Å². The molecule has 1 aromatic rings. The number of hydrogen-bond acceptors (Lipinski definition) is 20. The average molecular weight is 1170 g/mol. The molecular formula is C54H95N5O14S4. The Labute approximate surface area is 477 Å². The van der Waals surface area contributed by atoms with E-state index in [1.807, 2.05) is 30.7 Å². The van der Waals surface area contributed by atoms with E-state index in [9.17, 15) is 19.2 Å². The Hall–Kier alpha value is -2.68. The van der Waals surface area contributed by atoms with Gasteiger partial charge in [-0.05, 0) is 50.3 Å². The van der Waals surface area contributed by atoms with Crippen molar-refractivity contribution >= 4 is 80.0 Å². The summed E-state index contributed by atoms with van der Waals surface area (Å²) in [5.74, 6) is 2.37. The Balaban J connectivity index is 2.27. The Morgan fingerprint density at radius 1 is 0.481 bits per heavy atom. The van der Waals surface area contributed by atoms with Gasteiger partial charge in [0, 0.05) is 80.4 Å². The molecule has 0 saturated heterocycles. The molecule has 0 aliphatic heterocycles. The predicted octanol–water partition coefficient (Wildman–Crippen LogP) is 7.77. The highest BCUT2D eigenvalue weighted by Gasteiger charge is 2.15. The molecule has 3 amide bonds. The molecule has 0 bridgehead atoms. The molecule has 1 rings (SSSR count). The summed E-state index contributed by atoms with van der Waals surface area (Å²) in [6.07, 6.45) is 13.0. The number of thioether (sulfide) groups is 2. The summed E-state index contributed by atoms with van der Waals surface area (Å²) in [6, 6.07) is 10.1. The first-order valence-electron chi connectivity index (χ1n) is 27.4. The molecule has 19 nitrogen and oxygen atoms in total. The zero-order chi connectivity index (χ0) is 55.8. The van der Waals surface area contributed by atoms with Gasteiger partial charge in [-0.25, -0.2) is 0 Å². The van der Waals surface area contributed by atoms with Gasteiger partial charge in [-0.3, -0.25) is 19.2 Å². The fourth-order valence-electron chi connectivity index (χ4n) is 6.69. The van der Waals surface area contributed by atoms with Crippen LogP contribution in [0.2, 0.25) is 0 Å². The third kappa shape index (κ3) is 48.9. The zero-order valence-electron chi connectivity index (χ0n) is 46.9. The average Bonchev–Trinajstić information content (AvgIpc) is 3.42. The lowest BCUT2D eigenvalue weighted by molar-refractivity contribution is -0.132. The Morgan fingerprint density at radius 2 is 0.883 bits per heavy atom. The third-order valence-electron chi connectivity index (χ3n) is 10.6. The first-order chi connectivity index (χ1) is 37.8. The molecule has 0 saturated carbocycles. The van der Waals surface area contributed by atoms with Gasteiger partial charge < -0.3 is 63.1 Å². The lowest BCUT2D eigenvalue weighted by Gasteiger charge is -2.23. The normalized spacial score (nSPS) is 11.7. The molecule has 77 heavy (non-hydrogen) atoms. The van der Waals surface area contributed by atoms with Crippen LogP contribution in [0.1, 0.15) is 97.3 Å². The second-order valence-corrected chi connectivity index (χ2v) is 21.5. The van der Waals surface area contributed by atoms with Crippen LogP contribution in [0.5, 0.6) is 0 Å². The minimum Gasteiger partial charge on any atom is -0.393 e. The number of rotatable bonds is 58. The van der Waals surface area contributed by atoms with Gasteiger partial charge in [0.05, 0.1) is 117 Å². The molecule has 444 valence electrons. The number of benzene rings is 1. The van der Waals surface area contributed by atoms with Crippen LogP contribution in [0.25, 0.3) is 0 Å². The van der Waals surface area contributed by atoms with Crippen LogP contribution in [-0.2, 0) is 66.7 Å². The van der Waals surface area contributed by atoms with Crippen molar-refractivity contribution in [3.05, 3.63) is 30.3 Å². The van der Waals surface area contributed by atoms with Gasteiger partial charge in [-0.15, -0.1) is 0 Å². The van der Waals surface area contributed by atoms with Crippen molar-refractivity contribution in [3.8, 4) is 0 Å². The third-order valence-corrected chi connectivity index (χ3v) is 14.3. The van der Waals surface area contributed by atoms with Crippen LogP contribution in [-0.4, -0.2) is 215 Å². The smallest absolute Gasteiger partial charge is 0.222 e. The number of ether oxygens (including phenoxy) is 8. The molecule has 23 heteroatoms. The van der Waals surface area contributed by atoms with Crippen LogP contribution in [0.3, 0.4) is 0 Å². The van der Waals surface area contributed by atoms with Gasteiger partial charge in [0.25, 0.3) is 0 Å². The summed E-state index contributed by atoms with van der Waals surface area (Å²) in [7, 11) is 3.38. The molecule has 2 N–H and O–H groups in total. The van der Waals surface area contributed by atoms with E-state index in [1.54, 1.807) is 50.0 Å². The maximum atomic E-state index is 13.4. The summed E-state index contributed by atoms with van der Waals surface area (Å²) in [5, 5.41) is 14.1. The van der Waals surface area contributed by atoms with Gasteiger partial charge >= 0.3 is 0 Å². The van der Waals surface area contributed by atoms with E-state index in [1.165, 1.54) is 4.90 Å². The highest BCUT2D eigenvalue weighted by atomic mass is 33.1. The first-order valence-corrected chi connectivity index (χ1v) is 32.6. The van der Waals surface area contributed by atoms with Crippen molar-refractivity contribution in [2.24, 2.45) is 10.3 Å². The molecule has 0 aromatic heterocycles. The summed E-state index contributed by atoms with van der Waals surface area (Å²) < 4.78 is 44.4. The maximum absolute atomic E-state index is 13.4. The predicted molar refractivity (Wildman–Crippen MR) is 314 cm³/mol. The fourth-order valence-corrected chi connectivity index (χ4v) is 9.79. The molecule has 0 unspecified atom stereocenters. The molecular weight excluding hydrogens is 1070 g/mol. The van der Waals surface area contributed by atoms with Gasteiger partial charge in [0.2, 0.25) is 17.7 Å². The quantitative estimate of drug-likeness (QED) is 0.0276. The van der Waals surface area contributed by atoms with Crippen LogP contribution in [0, 0.1) is 0 Å². The molecule has 0 radical (unpaired) electrons. The van der Waals surface area contributed by atoms with E-state index in [4.69, 9.17) is 47.6 Å². The van der Waals surface area contributed by atoms with Crippen molar-refractivity contribution in [1.82, 2.24) is 15.5 Å². The summed E-state index contributed by atoms with van der Waals surface area (Å²) in [4.78, 5) is 64.5. The number of Topliss-reactive ketones (excluding diaryl/α,β-unsaturated/α-hetero) is 1. The standard InChI is InChI=1S/C54H95N5O14S4/c1-5-14-48(46-74-3)57-72-43-41-70-39-37-68-35-33-66-31-29-64-27-20-52(61)55-23-25-59(54(63)19-13-8-7-10-16-50(60)22-45-76-77-51-17-11-9-12-18-51)26-24-56-53(62)21-28-65-30-32-67-34-36-69-38-40-71-42-44-73-58-49(15-6-2)47-75-4/h9,11-12,17-18H,5-8,10,13-16,19-47H2,1-4H3,(H,55,61)(H,56,62)/b57-48-,58-49+. The maximum Gasteiger partial charge on any atom is 0.222 e. The van der Waals surface area contributed by atoms with Gasteiger partial charge in [-0.2, -0.15) is 23.5 Å². The van der Waals surface area contributed by atoms with Crippen molar-refractivity contribution in [2.45, 2.75) is 102 Å². The van der Waals surface area contributed by atoms with Crippen LogP contribution in [0.4, 0.5) is 0 Å². The number of ketones is 1. The zero-order valence-corrected chi connectivity index (χ0v) is 50.2. The van der Waals surface area contributed by atoms with Crippen LogP contribution in [0.15, 0.2) is 45.5 Å². The molecule has 0 fully saturated rings. The number of hydrogen-bond donors (Lipinski definition) is 2. The lowest BCUT2D eigenvalue weighted by Crippen LogP contribution is -2.42. The van der Waals surface area contributed by atoms with E-state index >= 15 is 0 Å². The second kappa shape index (κ2) is 56.6. The molecule has 0 atom stereocenters. The van der Waals surface area contributed by atoms with Crippen molar-refractivity contribution in [2.75, 3.05) is 175 Å². The van der Waals surface area contributed by atoms with Crippen LogP contribution >= 0.6 is 45.1 Å². The summed E-state index contributed by atoms with van der Waals surface area (Å²) in [6.45, 7) is 12.5. The number of nitrogens with zero attached hydrogens (tertiary/aromatic N) is 3. The van der Waals surface area contributed by atoms with E-state index in [0.29, 0.717) is 144 Å². The molecule has 1 aromatic carbocycles. The van der Waals surface area contributed by atoms with Crippen LogP contribution < -0.4 is 10.6 Å². The van der Waals surface area contributed by atoms with E-state index < -0.39 is 0 Å². The topological polar surface area (TPSA) is 213 Å². The monoisotopic (exact) mass is 1170 g/mol. The first kappa shape index (κ1) is 72.3. The van der Waals surface area contributed by atoms with Crippen molar-refractivity contribution in [1.29, 1.82) is 0 Å². The minimum absolute atomic E-state index is 0.0505. The summed E-state index contributed by atoms with van der Waals surface area (Å²) >= 11 is 3.46. The van der Waals surface area contributed by atoms with Crippen molar-refractivity contribution < 1.29 is 66.7 Å². The largest absolute Gasteiger partial charge is 0.393 e. The number of nitrogens with one attached hydrogen (secondary N) is 2. The van der Waals surface area contributed by atoms with Gasteiger partial charge in [-0.1, -0.05) is 89.6 Å². The number of carbonyl (C=O) groups excluding carboxylic acids is 4. The molecule has 0 spiro atoms. The second-order valence-electron chi connectivity index (χ2n) is 17.2. The number of amides is 3. The summed E-state index contributed by atoms with van der Waals surface area (Å²) in [5.41, 5.74) is 2.12. The van der Waals surface area contributed by atoms with Gasteiger partial charge in [0.1, 0.15) is 19.0 Å². The number of oxime groups is 2. The SMILES string of the molecule is CCC/C(CSC)=N/OCCOCCOCCOCCOCCC(=O)NCCN(CCNC(=O)CCOCCOCCOCCOCCO/N=C(\CCC)CSC)C(=O)CCCCCCC(=O)CCSSc1ccccc1. The number of carbonyl (C=O) groups is 4. The molecule has 0 heterocycles. The molecule has 0 aliphatic rings. The number of unbranched alkanes of at least 4 members (excludes halogenated alkanes) is 3. The minimum atomic E-state index is -0.187. The Kier molecular flexibility index (Phi) is 53.2. The highest BCUT2D eigenvalue weighted by molar-refractivity contribution is 8.76. The lowest BCUT2D eigenvalue weighted by atomic mass is 10.1. The highest BCUT2D eigenvalue weighted by Crippen LogP contribution is 2.31. The fraction of sp³-hybridized carbons (Fsp3) is 0.778. The van der Waals surface area contributed by atoms with E-state index in [0.717, 1.165) is 73.6 Å². The van der Waals surface area contributed by atoms with Crippen molar-refractivity contribution in [3.63, 3.8) is 0 Å². The Morgan fingerprint density at radius 3 is 1.30 bits per heavy atom. The van der Waals surface area contributed by atoms with Gasteiger partial charge in [0.15, 0.2) is 0 Å². The van der Waals surface area contributed by atoms with E-state index in [-0.39, 0.29) is 62.6 Å².